The number of rotatable bonds is 3. The molecule has 1 aliphatic rings. The molecular formula is C12H18Cl3N3O3. The summed E-state index contributed by atoms with van der Waals surface area (Å²) in [5, 5.41) is 0. The average molecular weight is 359 g/mol. The Bertz CT molecular complexity index is 326. The number of amides is 3. The van der Waals surface area contributed by atoms with Crippen LogP contribution in [0.3, 0.4) is 0 Å². The van der Waals surface area contributed by atoms with E-state index in [4.69, 9.17) is 34.8 Å². The highest BCUT2D eigenvalue weighted by Gasteiger charge is 2.23. The first-order valence-electron chi connectivity index (χ1n) is 6.54. The molecule has 1 aliphatic heterocycles. The van der Waals surface area contributed by atoms with E-state index in [2.05, 4.69) is 0 Å². The third-order valence-electron chi connectivity index (χ3n) is 3.32. The zero-order valence-corrected chi connectivity index (χ0v) is 13.8. The Hall–Kier alpha value is -0.720. The number of hydrogen-bond donors (Lipinski definition) is 0. The van der Waals surface area contributed by atoms with E-state index in [0.717, 1.165) is 0 Å². The summed E-state index contributed by atoms with van der Waals surface area (Å²) in [6.07, 6.45) is 0. The first kappa shape index (κ1) is 18.3. The topological polar surface area (TPSA) is 60.9 Å². The Labute approximate surface area is 138 Å². The molecule has 1 heterocycles. The quantitative estimate of drug-likeness (QED) is 0.677. The van der Waals surface area contributed by atoms with Crippen molar-refractivity contribution < 1.29 is 14.4 Å². The van der Waals surface area contributed by atoms with E-state index < -0.39 is 0 Å². The first-order valence-corrected chi connectivity index (χ1v) is 8.15. The highest BCUT2D eigenvalue weighted by atomic mass is 35.5. The van der Waals surface area contributed by atoms with Crippen LogP contribution < -0.4 is 0 Å². The molecule has 1 saturated heterocycles. The van der Waals surface area contributed by atoms with Crippen molar-refractivity contribution in [2.24, 2.45) is 0 Å². The van der Waals surface area contributed by atoms with Gasteiger partial charge in [-0.15, -0.1) is 34.8 Å². The van der Waals surface area contributed by atoms with Gasteiger partial charge in [0.1, 0.15) is 17.6 Å². The largest absolute Gasteiger partial charge is 0.338 e. The lowest BCUT2D eigenvalue weighted by Crippen LogP contribution is -2.42. The maximum Gasteiger partial charge on any atom is 0.237 e. The van der Waals surface area contributed by atoms with Crippen LogP contribution in [0.1, 0.15) is 0 Å². The monoisotopic (exact) mass is 357 g/mol. The van der Waals surface area contributed by atoms with Crippen molar-refractivity contribution in [3.05, 3.63) is 0 Å². The second kappa shape index (κ2) is 9.33. The molecular weight excluding hydrogens is 341 g/mol. The predicted molar refractivity (Wildman–Crippen MR) is 81.9 cm³/mol. The van der Waals surface area contributed by atoms with Crippen LogP contribution in [0, 0.1) is 0 Å². The lowest BCUT2D eigenvalue weighted by molar-refractivity contribution is -0.132. The molecule has 0 saturated carbocycles. The molecule has 0 radical (unpaired) electrons. The Morgan fingerprint density at radius 2 is 0.762 bits per heavy atom. The number of carbonyl (C=O) groups excluding carboxylic acids is 3. The number of carbonyl (C=O) groups is 3. The molecule has 0 atom stereocenters. The van der Waals surface area contributed by atoms with Crippen LogP contribution in [0.25, 0.3) is 0 Å². The zero-order chi connectivity index (χ0) is 15.8. The van der Waals surface area contributed by atoms with Gasteiger partial charge in [-0.3, -0.25) is 14.4 Å². The fourth-order valence-electron chi connectivity index (χ4n) is 2.06. The minimum absolute atomic E-state index is 0.132. The number of hydrogen-bond acceptors (Lipinski definition) is 3. The van der Waals surface area contributed by atoms with E-state index in [0.29, 0.717) is 39.3 Å². The van der Waals surface area contributed by atoms with E-state index in [1.165, 1.54) is 0 Å². The number of alkyl halides is 3. The number of halogens is 3. The van der Waals surface area contributed by atoms with Crippen molar-refractivity contribution in [1.29, 1.82) is 0 Å². The third-order valence-corrected chi connectivity index (χ3v) is 4.01. The molecule has 120 valence electrons. The van der Waals surface area contributed by atoms with Gasteiger partial charge in [-0.1, -0.05) is 0 Å². The molecule has 0 aromatic rings. The molecule has 0 aromatic heterocycles. The van der Waals surface area contributed by atoms with Gasteiger partial charge >= 0.3 is 0 Å². The summed E-state index contributed by atoms with van der Waals surface area (Å²) < 4.78 is 0. The van der Waals surface area contributed by atoms with Crippen molar-refractivity contribution in [2.75, 3.05) is 56.9 Å². The Balaban J connectivity index is 2.83. The van der Waals surface area contributed by atoms with Gasteiger partial charge in [-0.2, -0.15) is 0 Å². The Morgan fingerprint density at radius 3 is 0.905 bits per heavy atom. The average Bonchev–Trinajstić information content (AvgIpc) is 2.62. The lowest BCUT2D eigenvalue weighted by Gasteiger charge is -2.25. The van der Waals surface area contributed by atoms with Crippen molar-refractivity contribution in [2.45, 2.75) is 0 Å². The molecule has 0 unspecified atom stereocenters. The van der Waals surface area contributed by atoms with E-state index >= 15 is 0 Å². The SMILES string of the molecule is O=C(CCl)N1CCN(C(=O)CCl)CCN(C(=O)CCl)CC1. The molecule has 1 fully saturated rings. The van der Waals surface area contributed by atoms with Gasteiger partial charge in [0.15, 0.2) is 0 Å². The van der Waals surface area contributed by atoms with Crippen LogP contribution in [0.5, 0.6) is 0 Å². The molecule has 6 nitrogen and oxygen atoms in total. The van der Waals surface area contributed by atoms with Gasteiger partial charge in [0.2, 0.25) is 17.7 Å². The van der Waals surface area contributed by atoms with Crippen molar-refractivity contribution >= 4 is 52.5 Å². The normalized spacial score (nSPS) is 17.0. The zero-order valence-electron chi connectivity index (χ0n) is 11.6. The maximum absolute atomic E-state index is 11.8. The summed E-state index contributed by atoms with van der Waals surface area (Å²) >= 11 is 16.7. The van der Waals surface area contributed by atoms with Crippen molar-refractivity contribution in [1.82, 2.24) is 14.7 Å². The van der Waals surface area contributed by atoms with Gasteiger partial charge in [0.25, 0.3) is 0 Å². The molecule has 0 bridgehead atoms. The van der Waals surface area contributed by atoms with Crippen molar-refractivity contribution in [3.63, 3.8) is 0 Å². The summed E-state index contributed by atoms with van der Waals surface area (Å²) in [5.41, 5.74) is 0. The van der Waals surface area contributed by atoms with E-state index in [9.17, 15) is 14.4 Å². The van der Waals surface area contributed by atoms with Crippen LogP contribution in [0.2, 0.25) is 0 Å². The highest BCUT2D eigenvalue weighted by Crippen LogP contribution is 2.04. The van der Waals surface area contributed by atoms with E-state index in [-0.39, 0.29) is 35.4 Å². The predicted octanol–water partition coefficient (Wildman–Crippen LogP) is 0.202. The highest BCUT2D eigenvalue weighted by molar-refractivity contribution is 6.28. The molecule has 0 spiro atoms. The minimum atomic E-state index is -0.227. The van der Waals surface area contributed by atoms with Crippen LogP contribution >= 0.6 is 34.8 Å². The van der Waals surface area contributed by atoms with Gasteiger partial charge in [0.05, 0.1) is 0 Å². The molecule has 0 N–H and O–H groups in total. The smallest absolute Gasteiger partial charge is 0.237 e. The Morgan fingerprint density at radius 1 is 0.571 bits per heavy atom. The summed E-state index contributed by atoms with van der Waals surface area (Å²) in [4.78, 5) is 39.9. The van der Waals surface area contributed by atoms with Gasteiger partial charge < -0.3 is 14.7 Å². The summed E-state index contributed by atoms with van der Waals surface area (Å²) in [6, 6.07) is 0. The maximum atomic E-state index is 11.8. The van der Waals surface area contributed by atoms with Crippen LogP contribution in [-0.4, -0.2) is 89.3 Å². The van der Waals surface area contributed by atoms with Crippen LogP contribution in [0.4, 0.5) is 0 Å². The molecule has 1 rings (SSSR count). The number of nitrogens with zero attached hydrogens (tertiary/aromatic N) is 3. The summed E-state index contributed by atoms with van der Waals surface area (Å²) in [5.74, 6) is -1.08. The minimum Gasteiger partial charge on any atom is -0.338 e. The fourth-order valence-corrected chi connectivity index (χ4v) is 2.57. The third kappa shape index (κ3) is 5.52. The second-order valence-corrected chi connectivity index (χ2v) is 5.35. The molecule has 0 aromatic carbocycles. The molecule has 0 aliphatic carbocycles. The van der Waals surface area contributed by atoms with Crippen molar-refractivity contribution in [3.8, 4) is 0 Å². The molecule has 9 heteroatoms. The standard InChI is InChI=1S/C12H18Cl3N3O3/c13-7-10(19)16-1-2-17(11(20)8-14)5-6-18(4-3-16)12(21)9-15/h1-9H2. The molecule has 3 amide bonds. The van der Waals surface area contributed by atoms with E-state index in [1.807, 2.05) is 0 Å². The van der Waals surface area contributed by atoms with Crippen LogP contribution in [0.15, 0.2) is 0 Å². The first-order chi connectivity index (χ1) is 10.0. The van der Waals surface area contributed by atoms with E-state index in [1.54, 1.807) is 14.7 Å². The van der Waals surface area contributed by atoms with Gasteiger partial charge in [0, 0.05) is 39.3 Å². The lowest BCUT2D eigenvalue weighted by atomic mass is 10.4. The Kier molecular flexibility index (Phi) is 8.14. The summed E-state index contributed by atoms with van der Waals surface area (Å²) in [7, 11) is 0. The van der Waals surface area contributed by atoms with Gasteiger partial charge in [-0.25, -0.2) is 0 Å². The fraction of sp³-hybridized carbons (Fsp3) is 0.750. The summed E-state index contributed by atoms with van der Waals surface area (Å²) in [6.45, 7) is 2.23. The molecule has 21 heavy (non-hydrogen) atoms. The second-order valence-electron chi connectivity index (χ2n) is 4.54. The van der Waals surface area contributed by atoms with Crippen LogP contribution in [-0.2, 0) is 14.4 Å². The van der Waals surface area contributed by atoms with Gasteiger partial charge in [-0.05, 0) is 0 Å².